The number of aromatic nitrogens is 2. The molecule has 1 amide bonds. The molecular formula is C19H18FN3O3. The van der Waals surface area contributed by atoms with Crippen molar-refractivity contribution in [2.45, 2.75) is 0 Å². The van der Waals surface area contributed by atoms with Gasteiger partial charge in [0.1, 0.15) is 17.3 Å². The molecule has 7 heteroatoms. The zero-order valence-corrected chi connectivity index (χ0v) is 14.6. The Bertz CT molecular complexity index is 953. The molecule has 0 bridgehead atoms. The highest BCUT2D eigenvalue weighted by Crippen LogP contribution is 2.31. The van der Waals surface area contributed by atoms with E-state index in [4.69, 9.17) is 9.47 Å². The van der Waals surface area contributed by atoms with E-state index in [1.54, 1.807) is 31.3 Å². The van der Waals surface area contributed by atoms with Crippen molar-refractivity contribution in [2.75, 3.05) is 19.5 Å². The number of para-hydroxylation sites is 2. The second-order valence-corrected chi connectivity index (χ2v) is 5.54. The zero-order chi connectivity index (χ0) is 18.7. The summed E-state index contributed by atoms with van der Waals surface area (Å²) in [5, 5.41) is 6.99. The third-order valence-corrected chi connectivity index (χ3v) is 3.91. The molecule has 1 aromatic heterocycles. The Labute approximate surface area is 150 Å². The maximum absolute atomic E-state index is 13.7. The molecule has 6 nitrogen and oxygen atoms in total. The van der Waals surface area contributed by atoms with E-state index in [1.165, 1.54) is 37.1 Å². The summed E-state index contributed by atoms with van der Waals surface area (Å²) in [5.74, 6) is 0.239. The molecule has 1 N–H and O–H groups in total. The number of nitrogens with zero attached hydrogens (tertiary/aromatic N) is 2. The largest absolute Gasteiger partial charge is 0.496 e. The molecule has 0 atom stereocenters. The maximum Gasteiger partial charge on any atom is 0.276 e. The van der Waals surface area contributed by atoms with E-state index in [-0.39, 0.29) is 5.69 Å². The Balaban J connectivity index is 1.93. The van der Waals surface area contributed by atoms with Gasteiger partial charge in [-0.2, -0.15) is 5.10 Å². The third kappa shape index (κ3) is 3.37. The molecule has 134 valence electrons. The molecular weight excluding hydrogens is 337 g/mol. The summed E-state index contributed by atoms with van der Waals surface area (Å²) < 4.78 is 25.7. The molecule has 1 heterocycles. The van der Waals surface area contributed by atoms with Crippen LogP contribution in [0.5, 0.6) is 11.5 Å². The van der Waals surface area contributed by atoms with Crippen LogP contribution in [0, 0.1) is 5.82 Å². The first-order valence-electron chi connectivity index (χ1n) is 7.86. The number of methoxy groups -OCH3 is 2. The van der Waals surface area contributed by atoms with Crippen LogP contribution in [-0.4, -0.2) is 29.9 Å². The van der Waals surface area contributed by atoms with Gasteiger partial charge in [-0.1, -0.05) is 12.1 Å². The van der Waals surface area contributed by atoms with Gasteiger partial charge in [0.05, 0.1) is 25.6 Å². The molecule has 0 aliphatic rings. The Hall–Kier alpha value is -3.35. The lowest BCUT2D eigenvalue weighted by Gasteiger charge is -2.08. The number of rotatable bonds is 5. The average molecular weight is 355 g/mol. The van der Waals surface area contributed by atoms with Crippen LogP contribution in [0.25, 0.3) is 11.3 Å². The number of hydrogen-bond donors (Lipinski definition) is 1. The molecule has 3 rings (SSSR count). The molecule has 0 fully saturated rings. The SMILES string of the molecule is COc1ccccc1NC(=O)c1cc(-c2cc(F)ccc2OC)n(C)n1. The topological polar surface area (TPSA) is 65.4 Å². The Morgan fingerprint density at radius 1 is 1.08 bits per heavy atom. The number of ether oxygens (including phenoxy) is 2. The summed E-state index contributed by atoms with van der Waals surface area (Å²) in [6.07, 6.45) is 0. The quantitative estimate of drug-likeness (QED) is 0.761. The molecule has 0 aliphatic carbocycles. The highest BCUT2D eigenvalue weighted by Gasteiger charge is 2.18. The van der Waals surface area contributed by atoms with Gasteiger partial charge in [0, 0.05) is 12.6 Å². The molecule has 0 radical (unpaired) electrons. The first kappa shape index (κ1) is 17.5. The van der Waals surface area contributed by atoms with Crippen LogP contribution in [0.4, 0.5) is 10.1 Å². The van der Waals surface area contributed by atoms with Crippen LogP contribution in [0.1, 0.15) is 10.5 Å². The van der Waals surface area contributed by atoms with Crippen LogP contribution in [0.2, 0.25) is 0 Å². The number of hydrogen-bond acceptors (Lipinski definition) is 4. The maximum atomic E-state index is 13.7. The minimum absolute atomic E-state index is 0.194. The smallest absolute Gasteiger partial charge is 0.276 e. The summed E-state index contributed by atoms with van der Waals surface area (Å²) in [7, 11) is 4.71. The Morgan fingerprint density at radius 2 is 1.81 bits per heavy atom. The molecule has 2 aromatic carbocycles. The highest BCUT2D eigenvalue weighted by molar-refractivity contribution is 6.04. The van der Waals surface area contributed by atoms with Crippen molar-refractivity contribution < 1.29 is 18.7 Å². The standard InChI is InChI=1S/C19H18FN3O3/c1-23-16(13-10-12(20)8-9-17(13)25-2)11-15(22-23)19(24)21-14-6-4-5-7-18(14)26-3/h4-11H,1-3H3,(H,21,24). The van der Waals surface area contributed by atoms with Gasteiger partial charge in [0.15, 0.2) is 5.69 Å². The number of benzene rings is 2. The van der Waals surface area contributed by atoms with Crippen molar-refractivity contribution in [3.8, 4) is 22.8 Å². The predicted molar refractivity (Wildman–Crippen MR) is 96.1 cm³/mol. The summed E-state index contributed by atoms with van der Waals surface area (Å²) >= 11 is 0. The second-order valence-electron chi connectivity index (χ2n) is 5.54. The predicted octanol–water partition coefficient (Wildman–Crippen LogP) is 3.50. The first-order chi connectivity index (χ1) is 12.5. The number of anilines is 1. The number of halogens is 1. The van der Waals surface area contributed by atoms with Gasteiger partial charge in [-0.25, -0.2) is 4.39 Å². The monoisotopic (exact) mass is 355 g/mol. The van der Waals surface area contributed by atoms with Crippen molar-refractivity contribution in [3.63, 3.8) is 0 Å². The first-order valence-corrected chi connectivity index (χ1v) is 7.86. The second kappa shape index (κ2) is 7.26. The fourth-order valence-electron chi connectivity index (χ4n) is 2.64. The van der Waals surface area contributed by atoms with E-state index in [0.29, 0.717) is 28.4 Å². The van der Waals surface area contributed by atoms with Crippen molar-refractivity contribution in [1.29, 1.82) is 0 Å². The van der Waals surface area contributed by atoms with Gasteiger partial charge >= 0.3 is 0 Å². The van der Waals surface area contributed by atoms with Crippen LogP contribution in [0.3, 0.4) is 0 Å². The van der Waals surface area contributed by atoms with E-state index >= 15 is 0 Å². The summed E-state index contributed by atoms with van der Waals surface area (Å²) in [4.78, 5) is 12.6. The fraction of sp³-hybridized carbons (Fsp3) is 0.158. The lowest BCUT2D eigenvalue weighted by atomic mass is 10.1. The fourth-order valence-corrected chi connectivity index (χ4v) is 2.64. The van der Waals surface area contributed by atoms with Crippen LogP contribution < -0.4 is 14.8 Å². The minimum Gasteiger partial charge on any atom is -0.496 e. The minimum atomic E-state index is -0.401. The van der Waals surface area contributed by atoms with Gasteiger partial charge < -0.3 is 14.8 Å². The number of aryl methyl sites for hydroxylation is 1. The van der Waals surface area contributed by atoms with Crippen molar-refractivity contribution in [3.05, 3.63) is 60.0 Å². The summed E-state index contributed by atoms with van der Waals surface area (Å²) in [6, 6.07) is 12.9. The van der Waals surface area contributed by atoms with E-state index in [0.717, 1.165) is 0 Å². The van der Waals surface area contributed by atoms with E-state index < -0.39 is 11.7 Å². The summed E-state index contributed by atoms with van der Waals surface area (Å²) in [5.41, 5.74) is 1.81. The van der Waals surface area contributed by atoms with Crippen LogP contribution >= 0.6 is 0 Å². The summed E-state index contributed by atoms with van der Waals surface area (Å²) in [6.45, 7) is 0. The molecule has 0 saturated carbocycles. The lowest BCUT2D eigenvalue weighted by molar-refractivity contribution is 0.102. The third-order valence-electron chi connectivity index (χ3n) is 3.91. The number of carbonyl (C=O) groups excluding carboxylic acids is 1. The van der Waals surface area contributed by atoms with Gasteiger partial charge in [-0.3, -0.25) is 9.48 Å². The van der Waals surface area contributed by atoms with E-state index in [1.807, 2.05) is 6.07 Å². The zero-order valence-electron chi connectivity index (χ0n) is 14.6. The van der Waals surface area contributed by atoms with Gasteiger partial charge in [0.2, 0.25) is 0 Å². The Kier molecular flexibility index (Phi) is 4.88. The number of nitrogens with one attached hydrogen (secondary N) is 1. The normalized spacial score (nSPS) is 10.5. The van der Waals surface area contributed by atoms with E-state index in [2.05, 4.69) is 10.4 Å². The molecule has 0 saturated heterocycles. The molecule has 26 heavy (non-hydrogen) atoms. The van der Waals surface area contributed by atoms with E-state index in [9.17, 15) is 9.18 Å². The Morgan fingerprint density at radius 3 is 2.54 bits per heavy atom. The van der Waals surface area contributed by atoms with Crippen LogP contribution in [-0.2, 0) is 7.05 Å². The molecule has 0 spiro atoms. The van der Waals surface area contributed by atoms with Crippen molar-refractivity contribution >= 4 is 11.6 Å². The van der Waals surface area contributed by atoms with Gasteiger partial charge in [-0.05, 0) is 36.4 Å². The number of amides is 1. The molecule has 0 unspecified atom stereocenters. The van der Waals surface area contributed by atoms with Crippen molar-refractivity contribution in [1.82, 2.24) is 9.78 Å². The molecule has 0 aliphatic heterocycles. The lowest BCUT2D eigenvalue weighted by Crippen LogP contribution is -2.13. The highest BCUT2D eigenvalue weighted by atomic mass is 19.1. The van der Waals surface area contributed by atoms with Crippen LogP contribution in [0.15, 0.2) is 48.5 Å². The molecule has 3 aromatic rings. The van der Waals surface area contributed by atoms with Crippen molar-refractivity contribution in [2.24, 2.45) is 7.05 Å². The average Bonchev–Trinajstić information content (AvgIpc) is 3.04. The van der Waals surface area contributed by atoms with Gasteiger partial charge in [0.25, 0.3) is 5.91 Å². The van der Waals surface area contributed by atoms with Gasteiger partial charge in [-0.15, -0.1) is 0 Å². The number of carbonyl (C=O) groups is 1.